The van der Waals surface area contributed by atoms with Crippen LogP contribution in [0.5, 0.6) is 0 Å². The van der Waals surface area contributed by atoms with Crippen LogP contribution in [0.2, 0.25) is 0 Å². The first-order chi connectivity index (χ1) is 14.2. The van der Waals surface area contributed by atoms with Crippen molar-refractivity contribution in [2.24, 2.45) is 5.92 Å². The van der Waals surface area contributed by atoms with Gasteiger partial charge in [0.2, 0.25) is 11.8 Å². The molecule has 0 radical (unpaired) electrons. The van der Waals surface area contributed by atoms with Crippen molar-refractivity contribution in [2.75, 3.05) is 46.3 Å². The summed E-state index contributed by atoms with van der Waals surface area (Å²) in [5.74, 6) is 0.352. The Morgan fingerprint density at radius 1 is 1.23 bits per heavy atom. The number of halogens is 3. The van der Waals surface area contributed by atoms with Gasteiger partial charge in [-0.05, 0) is 49.8 Å². The molecule has 0 spiro atoms. The monoisotopic (exact) mass is 425 g/mol. The summed E-state index contributed by atoms with van der Waals surface area (Å²) in [5, 5.41) is 0. The van der Waals surface area contributed by atoms with Gasteiger partial charge in [-0.25, -0.2) is 0 Å². The van der Waals surface area contributed by atoms with Crippen molar-refractivity contribution in [3.63, 3.8) is 0 Å². The number of likely N-dealkylation sites (N-methyl/N-ethyl adjacent to an activating group) is 1. The molecule has 8 heteroatoms. The smallest absolute Gasteiger partial charge is 0.344 e. The molecule has 0 aromatic heterocycles. The average molecular weight is 425 g/mol. The molecule has 2 saturated heterocycles. The Labute approximate surface area is 175 Å². The molecule has 3 rings (SSSR count). The molecule has 166 valence electrons. The summed E-state index contributed by atoms with van der Waals surface area (Å²) in [4.78, 5) is 29.8. The second kappa shape index (κ2) is 9.81. The SMILES string of the molecule is CN(CC1CCCN(CCc2cccc(C(F)(F)F)c2)C1)C(=O)CN1CCCC1=O. The van der Waals surface area contributed by atoms with Crippen molar-refractivity contribution in [1.29, 1.82) is 0 Å². The Kier molecular flexibility index (Phi) is 7.39. The standard InChI is InChI=1S/C22H30F3N3O2/c1-26(21(30)16-28-11-4-8-20(28)29)14-18-6-3-10-27(15-18)12-9-17-5-2-7-19(13-17)22(23,24)25/h2,5,7,13,18H,3-4,6,8-12,14-16H2,1H3. The first-order valence-corrected chi connectivity index (χ1v) is 10.6. The number of benzene rings is 1. The fraction of sp³-hybridized carbons (Fsp3) is 0.636. The Morgan fingerprint density at radius 2 is 2.03 bits per heavy atom. The third-order valence-corrected chi connectivity index (χ3v) is 6.03. The van der Waals surface area contributed by atoms with E-state index in [1.54, 1.807) is 22.9 Å². The van der Waals surface area contributed by atoms with E-state index in [0.29, 0.717) is 44.0 Å². The molecular weight excluding hydrogens is 395 g/mol. The topological polar surface area (TPSA) is 43.9 Å². The second-order valence-corrected chi connectivity index (χ2v) is 8.45. The van der Waals surface area contributed by atoms with E-state index in [4.69, 9.17) is 0 Å². The van der Waals surface area contributed by atoms with Gasteiger partial charge in [-0.1, -0.05) is 18.2 Å². The lowest BCUT2D eigenvalue weighted by atomic mass is 9.97. The van der Waals surface area contributed by atoms with Crippen LogP contribution >= 0.6 is 0 Å². The third-order valence-electron chi connectivity index (χ3n) is 6.03. The van der Waals surface area contributed by atoms with Crippen LogP contribution in [-0.2, 0) is 22.2 Å². The van der Waals surface area contributed by atoms with Crippen LogP contribution in [0.1, 0.15) is 36.8 Å². The Balaban J connectivity index is 1.46. The Bertz CT molecular complexity index is 753. The molecule has 2 aliphatic rings. The molecule has 1 unspecified atom stereocenters. The Hall–Kier alpha value is -2.09. The zero-order valence-electron chi connectivity index (χ0n) is 17.5. The number of carbonyl (C=O) groups is 2. The minimum Gasteiger partial charge on any atom is -0.344 e. The number of rotatable bonds is 7. The number of piperidine rings is 1. The highest BCUT2D eigenvalue weighted by Crippen LogP contribution is 2.29. The molecule has 2 heterocycles. The number of likely N-dealkylation sites (tertiary alicyclic amines) is 2. The lowest BCUT2D eigenvalue weighted by Crippen LogP contribution is -2.44. The maximum Gasteiger partial charge on any atom is 0.416 e. The normalized spacial score (nSPS) is 20.6. The van der Waals surface area contributed by atoms with Gasteiger partial charge in [-0.15, -0.1) is 0 Å². The van der Waals surface area contributed by atoms with Crippen LogP contribution in [0.25, 0.3) is 0 Å². The zero-order valence-corrected chi connectivity index (χ0v) is 17.5. The largest absolute Gasteiger partial charge is 0.416 e. The van der Waals surface area contributed by atoms with E-state index < -0.39 is 11.7 Å². The number of carbonyl (C=O) groups excluding carboxylic acids is 2. The van der Waals surface area contributed by atoms with Crippen LogP contribution in [0.3, 0.4) is 0 Å². The highest BCUT2D eigenvalue weighted by Gasteiger charge is 2.30. The van der Waals surface area contributed by atoms with Crippen LogP contribution < -0.4 is 0 Å². The molecule has 5 nitrogen and oxygen atoms in total. The van der Waals surface area contributed by atoms with Crippen molar-refractivity contribution >= 4 is 11.8 Å². The van der Waals surface area contributed by atoms with Gasteiger partial charge in [0, 0.05) is 39.6 Å². The molecule has 1 atom stereocenters. The summed E-state index contributed by atoms with van der Waals surface area (Å²) >= 11 is 0. The number of amides is 2. The minimum atomic E-state index is -4.32. The van der Waals surface area contributed by atoms with Crippen LogP contribution in [0.4, 0.5) is 13.2 Å². The fourth-order valence-electron chi connectivity index (χ4n) is 4.34. The van der Waals surface area contributed by atoms with E-state index in [2.05, 4.69) is 4.90 Å². The molecule has 0 bridgehead atoms. The van der Waals surface area contributed by atoms with E-state index >= 15 is 0 Å². The molecule has 1 aromatic rings. The van der Waals surface area contributed by atoms with E-state index in [0.717, 1.165) is 38.4 Å². The quantitative estimate of drug-likeness (QED) is 0.675. The van der Waals surface area contributed by atoms with E-state index in [1.807, 2.05) is 0 Å². The van der Waals surface area contributed by atoms with Crippen molar-refractivity contribution in [3.8, 4) is 0 Å². The van der Waals surface area contributed by atoms with Gasteiger partial charge >= 0.3 is 6.18 Å². The first-order valence-electron chi connectivity index (χ1n) is 10.6. The molecule has 30 heavy (non-hydrogen) atoms. The predicted octanol–water partition coefficient (Wildman–Crippen LogP) is 3.04. The second-order valence-electron chi connectivity index (χ2n) is 8.45. The van der Waals surface area contributed by atoms with Gasteiger partial charge in [-0.2, -0.15) is 13.2 Å². The van der Waals surface area contributed by atoms with E-state index in [-0.39, 0.29) is 18.4 Å². The summed E-state index contributed by atoms with van der Waals surface area (Å²) in [6, 6.07) is 5.53. The van der Waals surface area contributed by atoms with E-state index in [9.17, 15) is 22.8 Å². The summed E-state index contributed by atoms with van der Waals surface area (Å²) in [6.07, 6.45) is -0.356. The van der Waals surface area contributed by atoms with Gasteiger partial charge in [0.1, 0.15) is 0 Å². The maximum absolute atomic E-state index is 12.9. The van der Waals surface area contributed by atoms with Crippen LogP contribution in [0.15, 0.2) is 24.3 Å². The van der Waals surface area contributed by atoms with Gasteiger partial charge in [0.05, 0.1) is 12.1 Å². The van der Waals surface area contributed by atoms with Gasteiger partial charge < -0.3 is 14.7 Å². The van der Waals surface area contributed by atoms with Gasteiger partial charge in [0.25, 0.3) is 0 Å². The molecule has 2 fully saturated rings. The lowest BCUT2D eigenvalue weighted by molar-refractivity contribution is -0.138. The van der Waals surface area contributed by atoms with Gasteiger partial charge in [-0.3, -0.25) is 9.59 Å². The third kappa shape index (κ3) is 6.20. The number of hydrogen-bond acceptors (Lipinski definition) is 3. The van der Waals surface area contributed by atoms with Crippen LogP contribution in [0, 0.1) is 5.92 Å². The number of alkyl halides is 3. The van der Waals surface area contributed by atoms with Crippen LogP contribution in [-0.4, -0.2) is 72.8 Å². The maximum atomic E-state index is 12.9. The molecular formula is C22H30F3N3O2. The lowest BCUT2D eigenvalue weighted by Gasteiger charge is -2.35. The molecule has 0 aliphatic carbocycles. The number of hydrogen-bond donors (Lipinski definition) is 0. The molecule has 0 saturated carbocycles. The summed E-state index contributed by atoms with van der Waals surface area (Å²) in [7, 11) is 1.78. The van der Waals surface area contributed by atoms with Crippen molar-refractivity contribution in [3.05, 3.63) is 35.4 Å². The summed E-state index contributed by atoms with van der Waals surface area (Å²) in [5.41, 5.74) is 0.0858. The zero-order chi connectivity index (χ0) is 21.7. The summed E-state index contributed by atoms with van der Waals surface area (Å²) < 4.78 is 38.7. The molecule has 1 aromatic carbocycles. The van der Waals surface area contributed by atoms with Gasteiger partial charge in [0.15, 0.2) is 0 Å². The average Bonchev–Trinajstić information content (AvgIpc) is 3.10. The highest BCUT2D eigenvalue weighted by atomic mass is 19.4. The van der Waals surface area contributed by atoms with Crippen molar-refractivity contribution in [2.45, 2.75) is 38.3 Å². The summed E-state index contributed by atoms with van der Waals surface area (Å²) in [6.45, 7) is 3.92. The van der Waals surface area contributed by atoms with E-state index in [1.165, 1.54) is 12.1 Å². The minimum absolute atomic E-state index is 0.0358. The van der Waals surface area contributed by atoms with Crippen molar-refractivity contribution < 1.29 is 22.8 Å². The molecule has 2 amide bonds. The first kappa shape index (κ1) is 22.6. The fourth-order valence-corrected chi connectivity index (χ4v) is 4.34. The number of nitrogens with zero attached hydrogens (tertiary/aromatic N) is 3. The molecule has 2 aliphatic heterocycles. The predicted molar refractivity (Wildman–Crippen MR) is 108 cm³/mol. The molecule has 0 N–H and O–H groups in total. The highest BCUT2D eigenvalue weighted by molar-refractivity contribution is 5.85. The van der Waals surface area contributed by atoms with Crippen molar-refractivity contribution in [1.82, 2.24) is 14.7 Å². The Morgan fingerprint density at radius 3 is 2.73 bits per heavy atom.